The fourth-order valence-corrected chi connectivity index (χ4v) is 5.53. The Morgan fingerprint density at radius 3 is 2.25 bits per heavy atom. The molecule has 0 amide bonds. The van der Waals surface area contributed by atoms with Gasteiger partial charge in [-0.05, 0) is 75.8 Å². The van der Waals surface area contributed by atoms with Gasteiger partial charge in [-0.25, -0.2) is 4.39 Å². The molecule has 2 saturated heterocycles. The van der Waals surface area contributed by atoms with Crippen molar-refractivity contribution in [3.05, 3.63) is 0 Å². The number of piperidine rings is 1. The van der Waals surface area contributed by atoms with Crippen LogP contribution in [0.25, 0.3) is 0 Å². The maximum Gasteiger partial charge on any atom is 0.103 e. The lowest BCUT2D eigenvalue weighted by Gasteiger charge is -2.44. The first-order valence-corrected chi connectivity index (χ1v) is 12.1. The van der Waals surface area contributed by atoms with E-state index in [-0.39, 0.29) is 12.1 Å². The van der Waals surface area contributed by atoms with Gasteiger partial charge in [0.2, 0.25) is 0 Å². The second-order valence-electron chi connectivity index (χ2n) is 8.67. The molecular weight excluding hydrogens is 351 g/mol. The molecule has 5 N–H and O–H groups in total. The van der Waals surface area contributed by atoms with Gasteiger partial charge in [0.25, 0.3) is 0 Å². The summed E-state index contributed by atoms with van der Waals surface area (Å²) in [7, 11) is 1.94. The number of halogens is 1. The maximum atomic E-state index is 13.9. The molecule has 0 aromatic heterocycles. The average molecular weight is 401 g/mol. The third kappa shape index (κ3) is 6.38. The molecule has 0 aromatic carbocycles. The van der Waals surface area contributed by atoms with E-state index in [0.717, 1.165) is 25.8 Å². The van der Waals surface area contributed by atoms with Gasteiger partial charge < -0.3 is 21.7 Å². The van der Waals surface area contributed by atoms with Crippen molar-refractivity contribution in [2.75, 3.05) is 13.6 Å². The molecule has 28 heavy (non-hydrogen) atoms. The van der Waals surface area contributed by atoms with E-state index >= 15 is 0 Å². The summed E-state index contributed by atoms with van der Waals surface area (Å²) in [6.07, 6.45) is 5.98. The molecule has 9 atom stereocenters. The standard InChI is InChI=1S/C19H37FN4.2C2H6/c1-11-4-7-16(24-17(11)19(21)22-3)14-8-9-23-18(14)13-5-6-15(20)12(2)10-13;2*1-2/h11-19,22-24H,4-10,21H2,1-3H3;2*1-2H3. The molecule has 0 aromatic rings. The Balaban J connectivity index is 0.000000921. The van der Waals surface area contributed by atoms with Crippen LogP contribution in [0.1, 0.15) is 80.1 Å². The van der Waals surface area contributed by atoms with Crippen molar-refractivity contribution in [2.45, 2.75) is 111 Å². The molecule has 0 spiro atoms. The zero-order chi connectivity index (χ0) is 21.3. The fourth-order valence-electron chi connectivity index (χ4n) is 5.53. The van der Waals surface area contributed by atoms with Crippen LogP contribution in [0.4, 0.5) is 4.39 Å². The van der Waals surface area contributed by atoms with Crippen molar-refractivity contribution < 1.29 is 4.39 Å². The summed E-state index contributed by atoms with van der Waals surface area (Å²) in [5.41, 5.74) is 6.28. The summed E-state index contributed by atoms with van der Waals surface area (Å²) < 4.78 is 13.9. The molecule has 3 rings (SSSR count). The molecule has 168 valence electrons. The lowest BCUT2D eigenvalue weighted by atomic mass is 9.71. The molecule has 4 nitrogen and oxygen atoms in total. The van der Waals surface area contributed by atoms with Gasteiger partial charge >= 0.3 is 0 Å². The number of hydrogen-bond donors (Lipinski definition) is 4. The zero-order valence-corrected chi connectivity index (χ0v) is 19.6. The topological polar surface area (TPSA) is 62.1 Å². The van der Waals surface area contributed by atoms with Crippen LogP contribution < -0.4 is 21.7 Å². The first-order valence-electron chi connectivity index (χ1n) is 12.1. The van der Waals surface area contributed by atoms with E-state index in [1.54, 1.807) is 0 Å². The minimum atomic E-state index is -0.590. The molecule has 2 heterocycles. The molecule has 0 radical (unpaired) electrons. The highest BCUT2D eigenvalue weighted by Gasteiger charge is 2.43. The molecule has 3 aliphatic rings. The summed E-state index contributed by atoms with van der Waals surface area (Å²) in [5, 5.41) is 10.9. The predicted octanol–water partition coefficient (Wildman–Crippen LogP) is 4.05. The van der Waals surface area contributed by atoms with Gasteiger partial charge in [-0.3, -0.25) is 0 Å². The van der Waals surface area contributed by atoms with E-state index in [1.807, 2.05) is 34.7 Å². The van der Waals surface area contributed by atoms with Crippen LogP contribution in [0.2, 0.25) is 0 Å². The highest BCUT2D eigenvalue weighted by atomic mass is 19.1. The Morgan fingerprint density at radius 2 is 1.64 bits per heavy atom. The quantitative estimate of drug-likeness (QED) is 0.538. The highest BCUT2D eigenvalue weighted by molar-refractivity contribution is 5.00. The van der Waals surface area contributed by atoms with Gasteiger partial charge in [0.05, 0.1) is 6.17 Å². The minimum absolute atomic E-state index is 0.0117. The molecule has 0 bridgehead atoms. The first kappa shape index (κ1) is 25.8. The molecule has 1 aliphatic carbocycles. The van der Waals surface area contributed by atoms with E-state index in [4.69, 9.17) is 5.73 Å². The number of rotatable bonds is 4. The normalized spacial score (nSPS) is 41.9. The first-order chi connectivity index (χ1) is 13.5. The third-order valence-electron chi connectivity index (χ3n) is 7.12. The van der Waals surface area contributed by atoms with Crippen molar-refractivity contribution in [1.82, 2.24) is 16.0 Å². The van der Waals surface area contributed by atoms with Crippen LogP contribution in [-0.4, -0.2) is 44.1 Å². The summed E-state index contributed by atoms with van der Waals surface area (Å²) in [4.78, 5) is 0. The van der Waals surface area contributed by atoms with Gasteiger partial charge in [-0.1, -0.05) is 41.5 Å². The second kappa shape index (κ2) is 13.1. The van der Waals surface area contributed by atoms with Crippen LogP contribution in [0.5, 0.6) is 0 Å². The fraction of sp³-hybridized carbons (Fsp3) is 1.00. The zero-order valence-electron chi connectivity index (χ0n) is 19.6. The molecule has 5 heteroatoms. The number of hydrogen-bond acceptors (Lipinski definition) is 4. The molecule has 3 fully saturated rings. The van der Waals surface area contributed by atoms with Crippen LogP contribution in [-0.2, 0) is 0 Å². The van der Waals surface area contributed by atoms with E-state index in [1.165, 1.54) is 19.3 Å². The van der Waals surface area contributed by atoms with Crippen molar-refractivity contribution in [1.29, 1.82) is 0 Å². The van der Waals surface area contributed by atoms with Crippen molar-refractivity contribution >= 4 is 0 Å². The van der Waals surface area contributed by atoms with Crippen LogP contribution >= 0.6 is 0 Å². The number of nitrogens with one attached hydrogen (secondary N) is 3. The number of likely N-dealkylation sites (N-methyl/N-ethyl adjacent to an activating group) is 1. The van der Waals surface area contributed by atoms with Gasteiger partial charge in [-0.15, -0.1) is 0 Å². The Bertz CT molecular complexity index is 404. The van der Waals surface area contributed by atoms with E-state index < -0.39 is 6.17 Å². The van der Waals surface area contributed by atoms with Crippen molar-refractivity contribution in [3.8, 4) is 0 Å². The number of nitrogens with two attached hydrogens (primary N) is 1. The van der Waals surface area contributed by atoms with Gasteiger partial charge in [0.15, 0.2) is 0 Å². The summed E-state index contributed by atoms with van der Waals surface area (Å²) in [6, 6.07) is 1.44. The average Bonchev–Trinajstić information content (AvgIpc) is 3.22. The number of alkyl halides is 1. The van der Waals surface area contributed by atoms with Crippen LogP contribution in [0.3, 0.4) is 0 Å². The van der Waals surface area contributed by atoms with E-state index in [0.29, 0.717) is 35.9 Å². The lowest BCUT2D eigenvalue weighted by molar-refractivity contribution is 0.0947. The molecular formula is C23H49FN4. The lowest BCUT2D eigenvalue weighted by Crippen LogP contribution is -2.62. The summed E-state index contributed by atoms with van der Waals surface area (Å²) in [6.45, 7) is 13.5. The predicted molar refractivity (Wildman–Crippen MR) is 120 cm³/mol. The van der Waals surface area contributed by atoms with E-state index in [2.05, 4.69) is 29.8 Å². The van der Waals surface area contributed by atoms with Gasteiger partial charge in [-0.2, -0.15) is 0 Å². The SMILES string of the molecule is CC.CC.CNC(N)C1NC(C2CCNC2C2CCC(F)C(C)C2)CCC1C. The minimum Gasteiger partial charge on any atom is -0.315 e. The molecule has 2 aliphatic heterocycles. The summed E-state index contributed by atoms with van der Waals surface area (Å²) >= 11 is 0. The van der Waals surface area contributed by atoms with Crippen molar-refractivity contribution in [2.24, 2.45) is 29.4 Å². The largest absolute Gasteiger partial charge is 0.315 e. The smallest absolute Gasteiger partial charge is 0.103 e. The Morgan fingerprint density at radius 1 is 0.964 bits per heavy atom. The van der Waals surface area contributed by atoms with E-state index in [9.17, 15) is 4.39 Å². The van der Waals surface area contributed by atoms with Gasteiger partial charge in [0, 0.05) is 18.1 Å². The monoisotopic (exact) mass is 400 g/mol. The summed E-state index contributed by atoms with van der Waals surface area (Å²) in [5.74, 6) is 2.13. The Labute approximate surface area is 174 Å². The van der Waals surface area contributed by atoms with Crippen LogP contribution in [0, 0.1) is 23.7 Å². The Hall–Kier alpha value is -0.230. The second-order valence-corrected chi connectivity index (χ2v) is 8.67. The maximum absolute atomic E-state index is 13.9. The van der Waals surface area contributed by atoms with Crippen LogP contribution in [0.15, 0.2) is 0 Å². The Kier molecular flexibility index (Phi) is 12.1. The highest BCUT2D eigenvalue weighted by Crippen LogP contribution is 2.39. The molecule has 1 saturated carbocycles. The third-order valence-corrected chi connectivity index (χ3v) is 7.12. The molecule has 9 unspecified atom stereocenters. The van der Waals surface area contributed by atoms with Gasteiger partial charge in [0.1, 0.15) is 6.17 Å². The van der Waals surface area contributed by atoms with Crippen molar-refractivity contribution in [3.63, 3.8) is 0 Å².